The third-order valence-corrected chi connectivity index (χ3v) is 14.9. The maximum Gasteiger partial charge on any atom is 0.334 e. The van der Waals surface area contributed by atoms with Gasteiger partial charge in [0.05, 0.1) is 30.7 Å². The van der Waals surface area contributed by atoms with Crippen LogP contribution in [0.2, 0.25) is 0 Å². The van der Waals surface area contributed by atoms with Crippen molar-refractivity contribution in [2.75, 3.05) is 25.5 Å². The van der Waals surface area contributed by atoms with E-state index in [0.29, 0.717) is 64.9 Å². The number of esters is 2. The predicted molar refractivity (Wildman–Crippen MR) is 255 cm³/mol. The third-order valence-electron chi connectivity index (χ3n) is 14.9. The van der Waals surface area contributed by atoms with Crippen LogP contribution in [0.1, 0.15) is 154 Å². The SMILES string of the molecule is CCC[C@]1(O)[C@@H]2CCC(=O)[C@H](Cc3cccc(c3)C[C@H](O)/C=C3/C[C@@H](c4cc(NC[C@H](C)O)cc([C@@H](O)CNC)c4)C#C[C@@H]4CC(=O)Oc5c4cc(c(O)c5C4CCCCC4)C[C@H]1OC3=O)C2. The highest BCUT2D eigenvalue weighted by Gasteiger charge is 2.49. The molecule has 9 atom stereocenters. The van der Waals surface area contributed by atoms with Gasteiger partial charge < -0.3 is 45.6 Å². The van der Waals surface area contributed by atoms with E-state index in [0.717, 1.165) is 43.2 Å². The number of anilines is 1. The number of carbonyl (C=O) groups is 3. The molecule has 3 heterocycles. The van der Waals surface area contributed by atoms with Gasteiger partial charge in [0.1, 0.15) is 29.0 Å². The minimum absolute atomic E-state index is 0.0399. The van der Waals surface area contributed by atoms with Gasteiger partial charge in [0.2, 0.25) is 0 Å². The van der Waals surface area contributed by atoms with Gasteiger partial charge in [-0.05, 0) is 123 Å². The second kappa shape index (κ2) is 21.1. The van der Waals surface area contributed by atoms with E-state index in [1.165, 1.54) is 6.08 Å². The Morgan fingerprint density at radius 3 is 2.39 bits per heavy atom. The number of phenolic OH excluding ortho intramolecular Hbond substituents is 1. The van der Waals surface area contributed by atoms with Crippen LogP contribution in [0.4, 0.5) is 5.69 Å². The summed E-state index contributed by atoms with van der Waals surface area (Å²) in [5.74, 6) is 3.77. The summed E-state index contributed by atoms with van der Waals surface area (Å²) < 4.78 is 12.8. The van der Waals surface area contributed by atoms with E-state index in [9.17, 15) is 35.1 Å². The summed E-state index contributed by atoms with van der Waals surface area (Å²) in [5, 5.41) is 65.7. The molecule has 0 radical (unpaired) electrons. The number of aliphatic hydroxyl groups is 4. The molecule has 2 saturated carbocycles. The van der Waals surface area contributed by atoms with Crippen LogP contribution in [-0.2, 0) is 38.4 Å². The number of hydrogen-bond acceptors (Lipinski definition) is 12. The van der Waals surface area contributed by atoms with Crippen molar-refractivity contribution in [3.63, 3.8) is 0 Å². The van der Waals surface area contributed by atoms with E-state index in [4.69, 9.17) is 9.47 Å². The third kappa shape index (κ3) is 11.0. The van der Waals surface area contributed by atoms with E-state index in [-0.39, 0.29) is 80.6 Å². The summed E-state index contributed by atoms with van der Waals surface area (Å²) in [7, 11) is 1.74. The van der Waals surface area contributed by atoms with Crippen LogP contribution in [0.5, 0.6) is 11.5 Å². The van der Waals surface area contributed by atoms with E-state index >= 15 is 4.79 Å². The molecule has 2 fully saturated rings. The molecule has 12 nitrogen and oxygen atoms in total. The molecule has 67 heavy (non-hydrogen) atoms. The van der Waals surface area contributed by atoms with E-state index in [2.05, 4.69) is 22.5 Å². The van der Waals surface area contributed by atoms with Crippen molar-refractivity contribution in [1.29, 1.82) is 0 Å². The molecule has 2 aliphatic carbocycles. The van der Waals surface area contributed by atoms with Crippen molar-refractivity contribution in [3.8, 4) is 23.3 Å². The Bertz CT molecular complexity index is 2410. The number of Topliss-reactive ketones (excluding diaryl/α,β-unsaturated/α-hetero) is 1. The standard InChI is InChI=1S/C55H68N2O10/c1-4-17-55(65)43-15-16-47(60)39(23-43)19-33-9-8-10-34(18-33)20-45(59)26-42-21-36(38-22-40(48(61)31-56-3)25-44(24-38)57-30-32(2)58)13-14-37-29-50(62)67-53-46(37)27-41(28-49(55)66-54(42)64)52(63)51(53)35-11-6-5-7-12-35/h8-10,18,22,24-27,32,35-37,39,43,45,48-49,56-59,61,63,65H,4-7,11-12,15-17,19-21,23,28-31H2,1-3H3/b42-26-/t32-,36-,37+,39+,43+,45-,48-,49+,55-/m0/s1. The Morgan fingerprint density at radius 2 is 1.64 bits per heavy atom. The lowest BCUT2D eigenvalue weighted by atomic mass is 9.66. The molecule has 7 N–H and O–H groups in total. The summed E-state index contributed by atoms with van der Waals surface area (Å²) in [5.41, 5.74) is 3.75. The minimum Gasteiger partial charge on any atom is -0.507 e. The summed E-state index contributed by atoms with van der Waals surface area (Å²) in [6.07, 6.45) is 4.41. The van der Waals surface area contributed by atoms with Gasteiger partial charge in [-0.2, -0.15) is 0 Å². The number of hydrogen-bond donors (Lipinski definition) is 7. The van der Waals surface area contributed by atoms with Crippen molar-refractivity contribution in [2.24, 2.45) is 11.8 Å². The molecule has 0 amide bonds. The van der Waals surface area contributed by atoms with Crippen LogP contribution in [0.15, 0.2) is 60.2 Å². The fourth-order valence-corrected chi connectivity index (χ4v) is 11.5. The maximum absolute atomic E-state index is 15.3. The highest BCUT2D eigenvalue weighted by atomic mass is 16.6. The molecule has 358 valence electrons. The first-order valence-corrected chi connectivity index (χ1v) is 24.6. The Hall–Kier alpha value is -5.03. The quantitative estimate of drug-likeness (QED) is 0.0619. The van der Waals surface area contributed by atoms with Crippen molar-refractivity contribution < 1.29 is 49.4 Å². The average Bonchev–Trinajstić information content (AvgIpc) is 3.30. The van der Waals surface area contributed by atoms with Gasteiger partial charge in [-0.1, -0.05) is 74.8 Å². The van der Waals surface area contributed by atoms with Crippen LogP contribution < -0.4 is 15.4 Å². The number of nitrogens with one attached hydrogen (secondary N) is 2. The van der Waals surface area contributed by atoms with Gasteiger partial charge in [-0.3, -0.25) is 9.59 Å². The Kier molecular flexibility index (Phi) is 15.2. The number of carbonyl (C=O) groups excluding carboxylic acids is 3. The Labute approximate surface area is 394 Å². The molecule has 0 aromatic heterocycles. The number of benzene rings is 3. The number of rotatable bonds is 10. The number of ketones is 1. The molecule has 8 bridgehead atoms. The smallest absolute Gasteiger partial charge is 0.334 e. The Balaban J connectivity index is 1.37. The first kappa shape index (κ1) is 48.4. The van der Waals surface area contributed by atoms with Gasteiger partial charge >= 0.3 is 11.9 Å². The molecule has 3 aromatic carbocycles. The number of phenols is 1. The molecule has 12 heteroatoms. The largest absolute Gasteiger partial charge is 0.507 e. The van der Waals surface area contributed by atoms with Crippen LogP contribution in [0.25, 0.3) is 0 Å². The average molecular weight is 917 g/mol. The second-order valence-corrected chi connectivity index (χ2v) is 20.0. The van der Waals surface area contributed by atoms with Crippen LogP contribution >= 0.6 is 0 Å². The zero-order valence-electron chi connectivity index (χ0n) is 39.2. The van der Waals surface area contributed by atoms with Gasteiger partial charge in [-0.15, -0.1) is 0 Å². The summed E-state index contributed by atoms with van der Waals surface area (Å²) in [6.45, 7) is 4.11. The number of ether oxygens (including phenoxy) is 2. The molecule has 0 spiro atoms. The zero-order chi connectivity index (χ0) is 47.4. The summed E-state index contributed by atoms with van der Waals surface area (Å²) in [6, 6.07) is 15.2. The number of fused-ring (bicyclic) bond motifs is 8. The van der Waals surface area contributed by atoms with Gasteiger partial charge in [0, 0.05) is 66.6 Å². The summed E-state index contributed by atoms with van der Waals surface area (Å²) in [4.78, 5) is 42.6. The van der Waals surface area contributed by atoms with Crippen LogP contribution in [-0.4, -0.2) is 87.3 Å². The van der Waals surface area contributed by atoms with Crippen molar-refractivity contribution in [1.82, 2.24) is 5.32 Å². The topological polar surface area (TPSA) is 195 Å². The number of aliphatic hydroxyl groups excluding tert-OH is 3. The van der Waals surface area contributed by atoms with E-state index in [1.54, 1.807) is 14.0 Å². The van der Waals surface area contributed by atoms with Gasteiger partial charge in [-0.25, -0.2) is 4.79 Å². The zero-order valence-corrected chi connectivity index (χ0v) is 39.2. The van der Waals surface area contributed by atoms with E-state index < -0.39 is 59.7 Å². The summed E-state index contributed by atoms with van der Waals surface area (Å²) >= 11 is 0. The van der Waals surface area contributed by atoms with E-state index in [1.807, 2.05) is 55.5 Å². The number of likely N-dealkylation sites (N-methyl/N-ethyl adjacent to an activating group) is 1. The predicted octanol–water partition coefficient (Wildman–Crippen LogP) is 7.13. The molecule has 8 rings (SSSR count). The van der Waals surface area contributed by atoms with Crippen LogP contribution in [0.3, 0.4) is 0 Å². The molecule has 0 saturated heterocycles. The molecule has 0 unspecified atom stereocenters. The lowest BCUT2D eigenvalue weighted by molar-refractivity contribution is -0.176. The maximum atomic E-state index is 15.3. The lowest BCUT2D eigenvalue weighted by Crippen LogP contribution is -2.54. The normalized spacial score (nSPS) is 28.6. The fraction of sp³-hybridized carbons (Fsp3) is 0.545. The minimum atomic E-state index is -1.63. The molecular weight excluding hydrogens is 849 g/mol. The molecule has 3 aromatic rings. The van der Waals surface area contributed by atoms with Crippen LogP contribution in [0, 0.1) is 23.7 Å². The first-order valence-electron chi connectivity index (χ1n) is 24.6. The lowest BCUT2D eigenvalue weighted by Gasteiger charge is -2.45. The highest BCUT2D eigenvalue weighted by Crippen LogP contribution is 2.51. The van der Waals surface area contributed by atoms with Crippen molar-refractivity contribution >= 4 is 23.4 Å². The number of aromatic hydroxyl groups is 1. The monoisotopic (exact) mass is 916 g/mol. The van der Waals surface area contributed by atoms with Gasteiger partial charge in [0.15, 0.2) is 0 Å². The van der Waals surface area contributed by atoms with Crippen molar-refractivity contribution in [2.45, 2.75) is 158 Å². The van der Waals surface area contributed by atoms with Crippen molar-refractivity contribution in [3.05, 3.63) is 99.1 Å². The molecule has 5 aliphatic rings. The first-order chi connectivity index (χ1) is 32.2. The second-order valence-electron chi connectivity index (χ2n) is 20.0. The molecular formula is C55H68N2O10. The fourth-order valence-electron chi connectivity index (χ4n) is 11.5. The Morgan fingerprint density at radius 1 is 0.881 bits per heavy atom. The van der Waals surface area contributed by atoms with Gasteiger partial charge in [0.25, 0.3) is 0 Å². The highest BCUT2D eigenvalue weighted by molar-refractivity contribution is 5.89. The molecule has 3 aliphatic heterocycles.